The van der Waals surface area contributed by atoms with Gasteiger partial charge in [0.05, 0.1) is 0 Å². The first-order valence-corrected chi connectivity index (χ1v) is 5.57. The third-order valence-electron chi connectivity index (χ3n) is 3.76. The molecule has 1 rings (SSSR count). The zero-order chi connectivity index (χ0) is 10.2. The van der Waals surface area contributed by atoms with E-state index in [0.717, 1.165) is 17.8 Å². The summed E-state index contributed by atoms with van der Waals surface area (Å²) in [5.74, 6) is 2.59. The molecule has 0 saturated carbocycles. The number of rotatable bonds is 0. The van der Waals surface area contributed by atoms with Crippen molar-refractivity contribution in [3.63, 3.8) is 0 Å². The van der Waals surface area contributed by atoms with Crippen molar-refractivity contribution in [3.8, 4) is 0 Å². The molecular formula is C12H25N. The van der Waals surface area contributed by atoms with E-state index in [-0.39, 0.29) is 0 Å². The Kier molecular flexibility index (Phi) is 3.06. The number of piperidine rings is 1. The summed E-state index contributed by atoms with van der Waals surface area (Å²) in [5, 5.41) is 0. The summed E-state index contributed by atoms with van der Waals surface area (Å²) in [6.45, 7) is 16.7. The summed E-state index contributed by atoms with van der Waals surface area (Å²) in [4.78, 5) is 2.63. The Hall–Kier alpha value is -0.0400. The molecule has 1 aliphatic heterocycles. The van der Waals surface area contributed by atoms with Crippen molar-refractivity contribution in [2.75, 3.05) is 13.1 Å². The van der Waals surface area contributed by atoms with Crippen LogP contribution in [-0.2, 0) is 0 Å². The molecule has 0 aromatic heterocycles. The predicted octanol–water partition coefficient (Wildman–Crippen LogP) is 3.01. The highest BCUT2D eigenvalue weighted by Gasteiger charge is 2.33. The van der Waals surface area contributed by atoms with Gasteiger partial charge in [-0.25, -0.2) is 0 Å². The largest absolute Gasteiger partial charge is 0.298 e. The quantitative estimate of drug-likeness (QED) is 0.558. The second-order valence-corrected chi connectivity index (χ2v) is 5.89. The monoisotopic (exact) mass is 183 g/mol. The Morgan fingerprint density at radius 1 is 0.923 bits per heavy atom. The van der Waals surface area contributed by atoms with Crippen LogP contribution in [0.2, 0.25) is 0 Å². The molecule has 13 heavy (non-hydrogen) atoms. The highest BCUT2D eigenvalue weighted by Crippen LogP contribution is 2.31. The molecule has 78 valence electrons. The van der Waals surface area contributed by atoms with Gasteiger partial charge in [-0.2, -0.15) is 0 Å². The Balaban J connectivity index is 2.64. The van der Waals surface area contributed by atoms with E-state index in [0.29, 0.717) is 5.54 Å². The van der Waals surface area contributed by atoms with Crippen molar-refractivity contribution in [1.82, 2.24) is 4.90 Å². The van der Waals surface area contributed by atoms with Crippen molar-refractivity contribution >= 4 is 0 Å². The van der Waals surface area contributed by atoms with Crippen molar-refractivity contribution < 1.29 is 0 Å². The molecule has 1 heterocycles. The minimum absolute atomic E-state index is 0.350. The maximum absolute atomic E-state index is 2.63. The summed E-state index contributed by atoms with van der Waals surface area (Å²) >= 11 is 0. The molecule has 0 spiro atoms. The van der Waals surface area contributed by atoms with Crippen LogP contribution in [0, 0.1) is 17.8 Å². The summed E-state index contributed by atoms with van der Waals surface area (Å²) in [6.07, 6.45) is 0. The SMILES string of the molecule is CC1CN(C(C)(C)C)CC(C)C1C. The van der Waals surface area contributed by atoms with Crippen LogP contribution in [0.4, 0.5) is 0 Å². The van der Waals surface area contributed by atoms with Crippen molar-refractivity contribution in [2.45, 2.75) is 47.1 Å². The third kappa shape index (κ3) is 2.46. The number of nitrogens with zero attached hydrogens (tertiary/aromatic N) is 1. The van der Waals surface area contributed by atoms with Crippen LogP contribution in [0.25, 0.3) is 0 Å². The predicted molar refractivity (Wildman–Crippen MR) is 58.8 cm³/mol. The van der Waals surface area contributed by atoms with E-state index in [1.165, 1.54) is 13.1 Å². The van der Waals surface area contributed by atoms with Gasteiger partial charge in [0, 0.05) is 18.6 Å². The van der Waals surface area contributed by atoms with E-state index in [4.69, 9.17) is 0 Å². The maximum Gasteiger partial charge on any atom is 0.0125 e. The molecule has 2 atom stereocenters. The lowest BCUT2D eigenvalue weighted by molar-refractivity contribution is 0.0241. The molecule has 1 nitrogen and oxygen atoms in total. The Labute approximate surface area is 83.5 Å². The lowest BCUT2D eigenvalue weighted by Gasteiger charge is -2.46. The fourth-order valence-electron chi connectivity index (χ4n) is 2.21. The van der Waals surface area contributed by atoms with Crippen LogP contribution in [0.3, 0.4) is 0 Å². The smallest absolute Gasteiger partial charge is 0.0125 e. The summed E-state index contributed by atoms with van der Waals surface area (Å²) in [6, 6.07) is 0. The first kappa shape index (κ1) is 11.0. The van der Waals surface area contributed by atoms with Gasteiger partial charge in [-0.15, -0.1) is 0 Å². The van der Waals surface area contributed by atoms with Gasteiger partial charge in [0.15, 0.2) is 0 Å². The molecule has 2 unspecified atom stereocenters. The van der Waals surface area contributed by atoms with Gasteiger partial charge in [-0.05, 0) is 38.5 Å². The van der Waals surface area contributed by atoms with E-state index in [1.807, 2.05) is 0 Å². The number of hydrogen-bond acceptors (Lipinski definition) is 1. The van der Waals surface area contributed by atoms with Crippen molar-refractivity contribution in [3.05, 3.63) is 0 Å². The number of likely N-dealkylation sites (tertiary alicyclic amines) is 1. The fraction of sp³-hybridized carbons (Fsp3) is 1.00. The van der Waals surface area contributed by atoms with Gasteiger partial charge in [0.1, 0.15) is 0 Å². The number of hydrogen-bond donors (Lipinski definition) is 0. The second kappa shape index (κ2) is 3.61. The standard InChI is InChI=1S/C12H25N/c1-9-7-13(12(4,5)6)8-10(2)11(9)3/h9-11H,7-8H2,1-6H3. The molecule has 0 amide bonds. The molecule has 0 aromatic carbocycles. The van der Waals surface area contributed by atoms with Gasteiger partial charge >= 0.3 is 0 Å². The molecule has 1 saturated heterocycles. The minimum Gasteiger partial charge on any atom is -0.298 e. The Morgan fingerprint density at radius 3 is 1.62 bits per heavy atom. The molecule has 0 bridgehead atoms. The first-order chi connectivity index (χ1) is 5.82. The first-order valence-electron chi connectivity index (χ1n) is 5.57. The van der Waals surface area contributed by atoms with E-state index < -0.39 is 0 Å². The van der Waals surface area contributed by atoms with E-state index in [2.05, 4.69) is 46.4 Å². The van der Waals surface area contributed by atoms with Gasteiger partial charge in [0.25, 0.3) is 0 Å². The topological polar surface area (TPSA) is 3.24 Å². The van der Waals surface area contributed by atoms with Crippen molar-refractivity contribution in [2.24, 2.45) is 17.8 Å². The van der Waals surface area contributed by atoms with E-state index in [9.17, 15) is 0 Å². The highest BCUT2D eigenvalue weighted by atomic mass is 15.2. The van der Waals surface area contributed by atoms with Crippen LogP contribution in [-0.4, -0.2) is 23.5 Å². The van der Waals surface area contributed by atoms with Crippen LogP contribution in [0.5, 0.6) is 0 Å². The summed E-state index contributed by atoms with van der Waals surface area (Å²) in [5.41, 5.74) is 0.350. The molecule has 1 fully saturated rings. The van der Waals surface area contributed by atoms with Gasteiger partial charge in [0.2, 0.25) is 0 Å². The van der Waals surface area contributed by atoms with Crippen LogP contribution >= 0.6 is 0 Å². The fourth-order valence-corrected chi connectivity index (χ4v) is 2.21. The van der Waals surface area contributed by atoms with Crippen LogP contribution in [0.1, 0.15) is 41.5 Å². The van der Waals surface area contributed by atoms with Crippen LogP contribution < -0.4 is 0 Å². The van der Waals surface area contributed by atoms with Crippen LogP contribution in [0.15, 0.2) is 0 Å². The van der Waals surface area contributed by atoms with E-state index in [1.54, 1.807) is 0 Å². The molecule has 1 heteroatoms. The van der Waals surface area contributed by atoms with Gasteiger partial charge in [-0.3, -0.25) is 4.90 Å². The average molecular weight is 183 g/mol. The van der Waals surface area contributed by atoms with Gasteiger partial charge in [-0.1, -0.05) is 20.8 Å². The molecule has 1 aliphatic rings. The van der Waals surface area contributed by atoms with Gasteiger partial charge < -0.3 is 0 Å². The summed E-state index contributed by atoms with van der Waals surface area (Å²) < 4.78 is 0. The average Bonchev–Trinajstić information content (AvgIpc) is 1.97. The Bertz CT molecular complexity index is 156. The molecule has 0 aliphatic carbocycles. The lowest BCUT2D eigenvalue weighted by atomic mass is 9.79. The Morgan fingerprint density at radius 2 is 1.31 bits per heavy atom. The molecule has 0 N–H and O–H groups in total. The van der Waals surface area contributed by atoms with E-state index >= 15 is 0 Å². The normalized spacial score (nSPS) is 37.8. The minimum atomic E-state index is 0.350. The second-order valence-electron chi connectivity index (χ2n) is 5.89. The summed E-state index contributed by atoms with van der Waals surface area (Å²) in [7, 11) is 0. The lowest BCUT2D eigenvalue weighted by Crippen LogP contribution is -2.51. The zero-order valence-corrected chi connectivity index (χ0v) is 10.1. The molecular weight excluding hydrogens is 158 g/mol. The third-order valence-corrected chi connectivity index (χ3v) is 3.76. The molecule has 0 aromatic rings. The van der Waals surface area contributed by atoms with Crippen molar-refractivity contribution in [1.29, 1.82) is 0 Å². The highest BCUT2D eigenvalue weighted by molar-refractivity contribution is 4.86. The zero-order valence-electron chi connectivity index (χ0n) is 10.1. The molecule has 0 radical (unpaired) electrons. The maximum atomic E-state index is 2.63.